The van der Waals surface area contributed by atoms with Crippen LogP contribution in [0.15, 0.2) is 61.1 Å². The molecule has 0 radical (unpaired) electrons. The quantitative estimate of drug-likeness (QED) is 0.564. The van der Waals surface area contributed by atoms with Crippen molar-refractivity contribution in [1.82, 2.24) is 19.6 Å². The van der Waals surface area contributed by atoms with Gasteiger partial charge in [-0.05, 0) is 42.5 Å². The first-order valence-electron chi connectivity index (χ1n) is 8.91. The van der Waals surface area contributed by atoms with Crippen molar-refractivity contribution < 1.29 is 13.2 Å². The Labute approximate surface area is 158 Å². The van der Waals surface area contributed by atoms with Crippen LogP contribution in [0.25, 0.3) is 5.52 Å². The van der Waals surface area contributed by atoms with Gasteiger partial charge in [0.2, 0.25) is 0 Å². The number of hydrogen-bond donors (Lipinski definition) is 1. The van der Waals surface area contributed by atoms with Crippen molar-refractivity contribution in [3.05, 3.63) is 83.7 Å². The number of aromatic amines is 1. The number of pyridine rings is 1. The van der Waals surface area contributed by atoms with Gasteiger partial charge in [0.05, 0.1) is 28.8 Å². The Morgan fingerprint density at radius 3 is 2.64 bits per heavy atom. The van der Waals surface area contributed by atoms with Crippen molar-refractivity contribution in [3.63, 3.8) is 0 Å². The van der Waals surface area contributed by atoms with E-state index in [0.29, 0.717) is 12.2 Å². The Balaban J connectivity index is 1.60. The van der Waals surface area contributed by atoms with Crippen LogP contribution in [0.3, 0.4) is 0 Å². The molecule has 5 nitrogen and oxygen atoms in total. The molecule has 0 spiro atoms. The Bertz CT molecular complexity index is 1090. The molecule has 5 rings (SSSR count). The largest absolute Gasteiger partial charge is 0.416 e. The van der Waals surface area contributed by atoms with Crippen molar-refractivity contribution >= 4 is 11.2 Å². The Hall–Kier alpha value is -3.29. The molecule has 0 bridgehead atoms. The summed E-state index contributed by atoms with van der Waals surface area (Å²) >= 11 is 0. The molecule has 0 unspecified atom stereocenters. The molecule has 0 saturated heterocycles. The zero-order chi connectivity index (χ0) is 19.3. The minimum atomic E-state index is -4.35. The van der Waals surface area contributed by atoms with Crippen LogP contribution in [0.2, 0.25) is 0 Å². The van der Waals surface area contributed by atoms with Gasteiger partial charge in [0.1, 0.15) is 6.04 Å². The van der Waals surface area contributed by atoms with Gasteiger partial charge in [0.15, 0.2) is 0 Å². The molecule has 0 fully saturated rings. The zero-order valence-corrected chi connectivity index (χ0v) is 14.7. The van der Waals surface area contributed by atoms with E-state index in [1.807, 2.05) is 30.5 Å². The Morgan fingerprint density at radius 1 is 1.07 bits per heavy atom. The normalized spacial score (nSPS) is 17.1. The Morgan fingerprint density at radius 2 is 1.89 bits per heavy atom. The maximum Gasteiger partial charge on any atom is 0.416 e. The maximum atomic E-state index is 12.9. The van der Waals surface area contributed by atoms with Crippen molar-refractivity contribution in [3.8, 4) is 0 Å². The highest BCUT2D eigenvalue weighted by Gasteiger charge is 2.34. The van der Waals surface area contributed by atoms with Crippen LogP contribution in [-0.4, -0.2) is 26.1 Å². The third-order valence-corrected chi connectivity index (χ3v) is 5.12. The van der Waals surface area contributed by atoms with E-state index in [-0.39, 0.29) is 6.04 Å². The van der Waals surface area contributed by atoms with Crippen LogP contribution in [0.1, 0.15) is 28.7 Å². The molecule has 0 aliphatic carbocycles. The predicted molar refractivity (Wildman–Crippen MR) is 98.1 cm³/mol. The van der Waals surface area contributed by atoms with Gasteiger partial charge < -0.3 is 9.88 Å². The molecule has 142 valence electrons. The second-order valence-electron chi connectivity index (χ2n) is 6.80. The lowest BCUT2D eigenvalue weighted by Gasteiger charge is -2.36. The average molecular weight is 383 g/mol. The van der Waals surface area contributed by atoms with Crippen LogP contribution < -0.4 is 4.90 Å². The van der Waals surface area contributed by atoms with Gasteiger partial charge in [-0.25, -0.2) is 9.50 Å². The lowest BCUT2D eigenvalue weighted by atomic mass is 9.98. The van der Waals surface area contributed by atoms with Gasteiger partial charge >= 0.3 is 6.18 Å². The number of nitrogens with zero attached hydrogens (tertiary/aromatic N) is 4. The minimum absolute atomic E-state index is 0.272. The van der Waals surface area contributed by atoms with E-state index < -0.39 is 11.7 Å². The number of halogens is 3. The first kappa shape index (κ1) is 16.9. The fourth-order valence-electron chi connectivity index (χ4n) is 3.79. The van der Waals surface area contributed by atoms with Gasteiger partial charge in [-0.15, -0.1) is 0 Å². The molecule has 4 aromatic rings. The molecule has 1 N–H and O–H groups in total. The summed E-state index contributed by atoms with van der Waals surface area (Å²) in [6, 6.07) is 12.8. The molecule has 4 heterocycles. The Kier molecular flexibility index (Phi) is 3.68. The molecule has 1 aromatic carbocycles. The third kappa shape index (κ3) is 2.72. The number of anilines is 1. The van der Waals surface area contributed by atoms with Crippen molar-refractivity contribution in [1.29, 1.82) is 0 Å². The minimum Gasteiger partial charge on any atom is -0.357 e. The highest BCUT2D eigenvalue weighted by Crippen LogP contribution is 2.38. The second kappa shape index (κ2) is 6.12. The highest BCUT2D eigenvalue weighted by atomic mass is 19.4. The first-order valence-corrected chi connectivity index (χ1v) is 8.91. The lowest BCUT2D eigenvalue weighted by molar-refractivity contribution is -0.137. The summed E-state index contributed by atoms with van der Waals surface area (Å²) in [5.41, 5.74) is 3.70. The number of rotatable bonds is 2. The lowest BCUT2D eigenvalue weighted by Crippen LogP contribution is -2.36. The van der Waals surface area contributed by atoms with Crippen molar-refractivity contribution in [2.45, 2.75) is 18.6 Å². The van der Waals surface area contributed by atoms with E-state index in [2.05, 4.69) is 20.0 Å². The number of benzene rings is 1. The molecule has 1 atom stereocenters. The van der Waals surface area contributed by atoms with E-state index in [1.54, 1.807) is 10.8 Å². The summed E-state index contributed by atoms with van der Waals surface area (Å²) in [5.74, 6) is 0. The number of aromatic nitrogens is 4. The van der Waals surface area contributed by atoms with Gasteiger partial charge in [-0.1, -0.05) is 6.07 Å². The summed E-state index contributed by atoms with van der Waals surface area (Å²) in [6.45, 7) is 0.652. The van der Waals surface area contributed by atoms with Crippen LogP contribution in [0.4, 0.5) is 18.9 Å². The number of nitrogens with one attached hydrogen (secondary N) is 1. The summed E-state index contributed by atoms with van der Waals surface area (Å²) in [7, 11) is 0. The first-order chi connectivity index (χ1) is 13.5. The van der Waals surface area contributed by atoms with E-state index in [1.165, 1.54) is 12.1 Å². The second-order valence-corrected chi connectivity index (χ2v) is 6.80. The molecule has 1 aliphatic heterocycles. The molecular formula is C20H16F3N5. The van der Waals surface area contributed by atoms with Gasteiger partial charge in [-0.2, -0.15) is 18.3 Å². The summed E-state index contributed by atoms with van der Waals surface area (Å²) in [4.78, 5) is 9.72. The molecule has 28 heavy (non-hydrogen) atoms. The highest BCUT2D eigenvalue weighted by molar-refractivity contribution is 5.56. The standard InChI is InChI=1S/C20H16F3N5/c21-20(22,23)13-4-6-14(7-5-13)27-10-8-16-18(25-12-24-16)19(27)17-11-15-3-1-2-9-28(15)26-17/h1-7,9,11-12,19H,8,10H2,(H,24,25)/t19-/m1/s1. The average Bonchev–Trinajstić information content (AvgIpc) is 3.33. The predicted octanol–water partition coefficient (Wildman–Crippen LogP) is 4.23. The van der Waals surface area contributed by atoms with Crippen molar-refractivity contribution in [2.24, 2.45) is 0 Å². The summed E-state index contributed by atoms with van der Waals surface area (Å²) in [6.07, 6.45) is -0.0870. The molecule has 1 aliphatic rings. The van der Waals surface area contributed by atoms with E-state index in [0.717, 1.165) is 41.2 Å². The summed E-state index contributed by atoms with van der Waals surface area (Å²) < 4.78 is 40.6. The van der Waals surface area contributed by atoms with Gasteiger partial charge in [0, 0.05) is 30.5 Å². The van der Waals surface area contributed by atoms with E-state index in [4.69, 9.17) is 0 Å². The number of hydrogen-bond acceptors (Lipinski definition) is 3. The fraction of sp³-hybridized carbons (Fsp3) is 0.200. The third-order valence-electron chi connectivity index (χ3n) is 5.12. The fourth-order valence-corrected chi connectivity index (χ4v) is 3.79. The van der Waals surface area contributed by atoms with Crippen LogP contribution >= 0.6 is 0 Å². The summed E-state index contributed by atoms with van der Waals surface area (Å²) in [5, 5.41) is 4.69. The van der Waals surface area contributed by atoms with Crippen LogP contribution in [-0.2, 0) is 12.6 Å². The van der Waals surface area contributed by atoms with Crippen LogP contribution in [0.5, 0.6) is 0 Å². The SMILES string of the molecule is FC(F)(F)c1ccc(N2CCc3[nH]cnc3[C@H]2c2cc3ccccn3n2)cc1. The molecule has 0 saturated carbocycles. The zero-order valence-electron chi connectivity index (χ0n) is 14.7. The molecule has 0 amide bonds. The molecule has 3 aromatic heterocycles. The van der Waals surface area contributed by atoms with E-state index >= 15 is 0 Å². The van der Waals surface area contributed by atoms with Crippen LogP contribution in [0, 0.1) is 0 Å². The molecule has 8 heteroatoms. The number of H-pyrrole nitrogens is 1. The number of fused-ring (bicyclic) bond motifs is 2. The van der Waals surface area contributed by atoms with Gasteiger partial charge in [0.25, 0.3) is 0 Å². The molecular weight excluding hydrogens is 367 g/mol. The smallest absolute Gasteiger partial charge is 0.357 e. The number of imidazole rings is 1. The van der Waals surface area contributed by atoms with Crippen molar-refractivity contribution in [2.75, 3.05) is 11.4 Å². The topological polar surface area (TPSA) is 49.2 Å². The number of alkyl halides is 3. The van der Waals surface area contributed by atoms with Gasteiger partial charge in [-0.3, -0.25) is 0 Å². The van der Waals surface area contributed by atoms with E-state index in [9.17, 15) is 13.2 Å². The maximum absolute atomic E-state index is 12.9. The monoisotopic (exact) mass is 383 g/mol.